The summed E-state index contributed by atoms with van der Waals surface area (Å²) in [5, 5.41) is 0. The smallest absolute Gasteiger partial charge is 0.197 e. The van der Waals surface area contributed by atoms with E-state index < -0.39 is 5.60 Å². The lowest BCUT2D eigenvalue weighted by molar-refractivity contribution is -0.194. The van der Waals surface area contributed by atoms with Crippen LogP contribution in [0, 0.1) is 17.8 Å². The van der Waals surface area contributed by atoms with Crippen LogP contribution in [-0.4, -0.2) is 57.2 Å². The van der Waals surface area contributed by atoms with Gasteiger partial charge in [-0.15, -0.1) is 0 Å². The maximum atomic E-state index is 6.35. The molecule has 262 valence electrons. The molecule has 2 aliphatic carbocycles. The highest BCUT2D eigenvalue weighted by atomic mass is 16.7. The highest BCUT2D eigenvalue weighted by molar-refractivity contribution is 5.45. The molecule has 0 radical (unpaired) electrons. The maximum Gasteiger partial charge on any atom is 0.197 e. The molecule has 1 fully saturated rings. The van der Waals surface area contributed by atoms with Crippen LogP contribution in [-0.2, 0) is 33.8 Å². The van der Waals surface area contributed by atoms with E-state index in [0.29, 0.717) is 49.8 Å². The van der Waals surface area contributed by atoms with Crippen molar-refractivity contribution in [2.75, 3.05) is 26.4 Å². The van der Waals surface area contributed by atoms with Gasteiger partial charge in [0.2, 0.25) is 0 Å². The molecular weight excluding hydrogens is 584 g/mol. The Hall–Kier alpha value is -2.10. The molecule has 0 aliphatic heterocycles. The number of hydrogen-bond acceptors (Lipinski definition) is 8. The molecule has 0 aromatic heterocycles. The van der Waals surface area contributed by atoms with Crippen LogP contribution in [0.5, 0.6) is 11.5 Å². The number of allylic oxidation sites excluding steroid dienone is 2. The average molecular weight is 647 g/mol. The van der Waals surface area contributed by atoms with E-state index in [9.17, 15) is 0 Å². The first-order valence-corrected chi connectivity index (χ1v) is 17.6. The number of rotatable bonds is 19. The molecule has 1 aromatic carbocycles. The molecular formula is C38H62O8. The molecule has 6 atom stereocenters. The quantitative estimate of drug-likeness (QED) is 0.109. The van der Waals surface area contributed by atoms with Crippen LogP contribution in [0.2, 0.25) is 0 Å². The summed E-state index contributed by atoms with van der Waals surface area (Å²) >= 11 is 0. The Kier molecular flexibility index (Phi) is 14.9. The molecule has 3 rings (SSSR count). The second-order valence-electron chi connectivity index (χ2n) is 13.1. The van der Waals surface area contributed by atoms with E-state index in [1.807, 2.05) is 68.4 Å². The van der Waals surface area contributed by atoms with Gasteiger partial charge in [-0.25, -0.2) is 0 Å². The number of ether oxygens (including phenoxy) is 8. The molecule has 8 heteroatoms. The van der Waals surface area contributed by atoms with Crippen molar-refractivity contribution in [3.63, 3.8) is 0 Å². The zero-order valence-corrected chi connectivity index (χ0v) is 30.4. The largest absolute Gasteiger partial charge is 0.466 e. The second kappa shape index (κ2) is 17.9. The third-order valence-corrected chi connectivity index (χ3v) is 9.39. The first kappa shape index (κ1) is 38.3. The fourth-order valence-electron chi connectivity index (χ4n) is 6.84. The van der Waals surface area contributed by atoms with Gasteiger partial charge in [0.1, 0.15) is 11.4 Å². The summed E-state index contributed by atoms with van der Waals surface area (Å²) in [6.07, 6.45) is 9.78. The highest BCUT2D eigenvalue weighted by Crippen LogP contribution is 2.47. The Morgan fingerprint density at radius 3 is 1.80 bits per heavy atom. The van der Waals surface area contributed by atoms with Gasteiger partial charge in [-0.05, 0) is 135 Å². The van der Waals surface area contributed by atoms with Crippen LogP contribution in [0.15, 0.2) is 42.2 Å². The lowest BCUT2D eigenvalue weighted by atomic mass is 9.64. The van der Waals surface area contributed by atoms with Gasteiger partial charge in [-0.2, -0.15) is 0 Å². The topological polar surface area (TPSA) is 73.8 Å². The molecule has 8 nitrogen and oxygen atoms in total. The fraction of sp³-hybridized carbons (Fsp3) is 0.737. The monoisotopic (exact) mass is 646 g/mol. The normalized spacial score (nSPS) is 26.2. The van der Waals surface area contributed by atoms with Crippen molar-refractivity contribution in [2.24, 2.45) is 17.8 Å². The van der Waals surface area contributed by atoms with Gasteiger partial charge in [-0.1, -0.05) is 26.0 Å². The summed E-state index contributed by atoms with van der Waals surface area (Å²) < 4.78 is 47.8. The van der Waals surface area contributed by atoms with E-state index in [2.05, 4.69) is 44.2 Å². The minimum Gasteiger partial charge on any atom is -0.466 e. The lowest BCUT2D eigenvalue weighted by Gasteiger charge is -2.42. The summed E-state index contributed by atoms with van der Waals surface area (Å²) in [5.41, 5.74) is 0.467. The number of benzene rings is 1. The van der Waals surface area contributed by atoms with E-state index in [4.69, 9.17) is 37.9 Å². The Bertz CT molecular complexity index is 1110. The molecule has 0 bridgehead atoms. The predicted octanol–water partition coefficient (Wildman–Crippen LogP) is 8.92. The third-order valence-electron chi connectivity index (χ3n) is 9.39. The minimum atomic E-state index is -0.717. The van der Waals surface area contributed by atoms with Crippen molar-refractivity contribution in [3.8, 4) is 11.5 Å². The van der Waals surface area contributed by atoms with Gasteiger partial charge in [0.05, 0.1) is 0 Å². The van der Waals surface area contributed by atoms with Crippen molar-refractivity contribution in [2.45, 2.75) is 138 Å². The Morgan fingerprint density at radius 1 is 0.717 bits per heavy atom. The third kappa shape index (κ3) is 10.4. The first-order chi connectivity index (χ1) is 21.9. The van der Waals surface area contributed by atoms with Crippen LogP contribution >= 0.6 is 0 Å². The van der Waals surface area contributed by atoms with Crippen molar-refractivity contribution >= 4 is 0 Å². The molecule has 0 saturated heterocycles. The SMILES string of the molecule is CCOC(C)OC1=CC(C2CCC(C(C)(C)c3ccc(OC(C)OCC)c(OC(C)OCC)c3)CC2)C=CC1(C)OC(C)OCC. The van der Waals surface area contributed by atoms with Gasteiger partial charge in [0, 0.05) is 32.3 Å². The zero-order valence-electron chi connectivity index (χ0n) is 30.4. The van der Waals surface area contributed by atoms with Crippen molar-refractivity contribution in [1.82, 2.24) is 0 Å². The van der Waals surface area contributed by atoms with Gasteiger partial charge in [0.25, 0.3) is 0 Å². The fourth-order valence-corrected chi connectivity index (χ4v) is 6.84. The van der Waals surface area contributed by atoms with E-state index in [1.54, 1.807) is 0 Å². The van der Waals surface area contributed by atoms with E-state index >= 15 is 0 Å². The Morgan fingerprint density at radius 2 is 1.24 bits per heavy atom. The predicted molar refractivity (Wildman–Crippen MR) is 182 cm³/mol. The van der Waals surface area contributed by atoms with E-state index in [-0.39, 0.29) is 36.5 Å². The van der Waals surface area contributed by atoms with Crippen LogP contribution in [0.25, 0.3) is 0 Å². The Balaban J connectivity index is 1.76. The first-order valence-electron chi connectivity index (χ1n) is 17.6. The van der Waals surface area contributed by atoms with Crippen LogP contribution in [0.1, 0.15) is 107 Å². The molecule has 0 heterocycles. The molecule has 2 aliphatic rings. The standard InChI is InChI=1S/C38H62O8/c1-12-39-26(5)43-34-21-20-33(25-35(34)44-27(6)40-13-2)37(9,10)32-18-16-30(17-19-32)31-22-23-38(11,46-29(8)42-15-4)36(24-31)45-28(7)41-14-3/h20-32H,12-19H2,1-11H3. The van der Waals surface area contributed by atoms with E-state index in [1.165, 1.54) is 5.56 Å². The van der Waals surface area contributed by atoms with Gasteiger partial charge < -0.3 is 37.9 Å². The van der Waals surface area contributed by atoms with Crippen molar-refractivity contribution < 1.29 is 37.9 Å². The maximum absolute atomic E-state index is 6.35. The second-order valence-corrected chi connectivity index (χ2v) is 13.1. The molecule has 0 N–H and O–H groups in total. The molecule has 0 amide bonds. The summed E-state index contributed by atoms with van der Waals surface area (Å²) in [5.74, 6) is 3.47. The zero-order chi connectivity index (χ0) is 33.9. The Labute approximate surface area is 279 Å². The van der Waals surface area contributed by atoms with Crippen molar-refractivity contribution in [3.05, 3.63) is 47.7 Å². The molecule has 1 aromatic rings. The average Bonchev–Trinajstić information content (AvgIpc) is 2.99. The van der Waals surface area contributed by atoms with Gasteiger partial charge in [-0.3, -0.25) is 0 Å². The van der Waals surface area contributed by atoms with Crippen molar-refractivity contribution in [1.29, 1.82) is 0 Å². The molecule has 6 unspecified atom stereocenters. The summed E-state index contributed by atoms with van der Waals surface area (Å²) in [7, 11) is 0. The summed E-state index contributed by atoms with van der Waals surface area (Å²) in [6.45, 7) is 24.6. The molecule has 0 spiro atoms. The summed E-state index contributed by atoms with van der Waals surface area (Å²) in [6, 6.07) is 6.33. The summed E-state index contributed by atoms with van der Waals surface area (Å²) in [4.78, 5) is 0. The minimum absolute atomic E-state index is 0.0523. The van der Waals surface area contributed by atoms with Crippen LogP contribution in [0.4, 0.5) is 0 Å². The molecule has 46 heavy (non-hydrogen) atoms. The van der Waals surface area contributed by atoms with E-state index in [0.717, 1.165) is 31.4 Å². The molecule has 1 saturated carbocycles. The highest BCUT2D eigenvalue weighted by Gasteiger charge is 2.40. The van der Waals surface area contributed by atoms with Crippen LogP contribution in [0.3, 0.4) is 0 Å². The van der Waals surface area contributed by atoms with Gasteiger partial charge in [0.15, 0.2) is 36.7 Å². The van der Waals surface area contributed by atoms with Gasteiger partial charge >= 0.3 is 0 Å². The number of hydrogen-bond donors (Lipinski definition) is 0. The van der Waals surface area contributed by atoms with Crippen LogP contribution < -0.4 is 9.47 Å². The lowest BCUT2D eigenvalue weighted by Crippen LogP contribution is -2.39.